The Morgan fingerprint density at radius 2 is 1.53 bits per heavy atom. The van der Waals surface area contributed by atoms with E-state index in [-0.39, 0.29) is 12.5 Å². The van der Waals surface area contributed by atoms with Crippen LogP contribution in [0.3, 0.4) is 0 Å². The van der Waals surface area contributed by atoms with Gasteiger partial charge in [-0.25, -0.2) is 14.9 Å². The number of hydrogen-bond acceptors (Lipinski definition) is 7. The van der Waals surface area contributed by atoms with Crippen LogP contribution < -0.4 is 15.5 Å². The zero-order valence-corrected chi connectivity index (χ0v) is 20.9. The molecular formula is C26H24N4O4S2. The molecule has 184 valence electrons. The highest BCUT2D eigenvalue weighted by Gasteiger charge is 2.25. The lowest BCUT2D eigenvalue weighted by atomic mass is 10.1. The number of carbonyl (C=O) groups is 3. The molecule has 8 nitrogen and oxygen atoms in total. The van der Waals surface area contributed by atoms with E-state index in [1.54, 1.807) is 29.1 Å². The van der Waals surface area contributed by atoms with Gasteiger partial charge in [0.2, 0.25) is 0 Å². The number of pyridine rings is 1. The lowest BCUT2D eigenvalue weighted by Crippen LogP contribution is -2.41. The van der Waals surface area contributed by atoms with E-state index in [1.807, 2.05) is 60.7 Å². The van der Waals surface area contributed by atoms with E-state index in [9.17, 15) is 14.4 Å². The number of benzene rings is 2. The maximum Gasteiger partial charge on any atom is 0.415 e. The predicted molar refractivity (Wildman–Crippen MR) is 145 cm³/mol. The third-order valence-corrected chi connectivity index (χ3v) is 7.46. The lowest BCUT2D eigenvalue weighted by Gasteiger charge is -2.24. The van der Waals surface area contributed by atoms with Crippen molar-refractivity contribution in [2.24, 2.45) is 0 Å². The molecule has 1 aliphatic rings. The smallest absolute Gasteiger partial charge is 0.415 e. The van der Waals surface area contributed by atoms with Crippen molar-refractivity contribution in [3.63, 3.8) is 0 Å². The molecule has 3 aromatic rings. The standard InChI is InChI=1S/C26H24N4O4S2/c31-24(21-8-5-13-27-18-21)28-14-16-35-36-17-15-34-26(33)29-25(32)30-22-9-3-1-6-19(22)11-12-20-7-2-4-10-23(20)30/h1-13,18H,14-17H2,(H,28,31)(H,29,32,33). The molecule has 4 amide bonds. The molecule has 36 heavy (non-hydrogen) atoms. The molecule has 0 saturated heterocycles. The molecule has 4 rings (SSSR count). The first-order chi connectivity index (χ1) is 17.6. The first-order valence-electron chi connectivity index (χ1n) is 11.2. The molecule has 0 radical (unpaired) electrons. The summed E-state index contributed by atoms with van der Waals surface area (Å²) in [4.78, 5) is 42.7. The van der Waals surface area contributed by atoms with E-state index in [0.29, 0.717) is 35.0 Å². The van der Waals surface area contributed by atoms with Gasteiger partial charge in [0.1, 0.15) is 6.61 Å². The van der Waals surface area contributed by atoms with Gasteiger partial charge in [0.25, 0.3) is 5.91 Å². The number of nitrogens with one attached hydrogen (secondary N) is 2. The van der Waals surface area contributed by atoms with E-state index in [2.05, 4.69) is 15.6 Å². The highest BCUT2D eigenvalue weighted by molar-refractivity contribution is 8.76. The van der Waals surface area contributed by atoms with Gasteiger partial charge in [-0.3, -0.25) is 14.7 Å². The maximum atomic E-state index is 13.1. The van der Waals surface area contributed by atoms with E-state index < -0.39 is 12.1 Å². The van der Waals surface area contributed by atoms with Crippen LogP contribution in [0.15, 0.2) is 73.1 Å². The molecule has 2 N–H and O–H groups in total. The predicted octanol–water partition coefficient (Wildman–Crippen LogP) is 5.36. The number of alkyl carbamates (subject to hydrolysis) is 1. The summed E-state index contributed by atoms with van der Waals surface area (Å²) in [6, 6.07) is 17.8. The fourth-order valence-corrected chi connectivity index (χ4v) is 5.20. The number of aromatic nitrogens is 1. The van der Waals surface area contributed by atoms with Crippen molar-refractivity contribution < 1.29 is 19.1 Å². The van der Waals surface area contributed by atoms with Crippen LogP contribution in [0.5, 0.6) is 0 Å². The minimum absolute atomic E-state index is 0.146. The molecule has 2 aromatic carbocycles. The normalized spacial score (nSPS) is 11.6. The molecule has 2 heterocycles. The summed E-state index contributed by atoms with van der Waals surface area (Å²) in [5, 5.41) is 5.15. The first kappa shape index (κ1) is 25.3. The Bertz CT molecular complexity index is 1200. The largest absolute Gasteiger partial charge is 0.448 e. The van der Waals surface area contributed by atoms with E-state index >= 15 is 0 Å². The summed E-state index contributed by atoms with van der Waals surface area (Å²) in [6.45, 7) is 0.655. The quantitative estimate of drug-likeness (QED) is 0.305. The molecule has 1 aromatic heterocycles. The average molecular weight is 521 g/mol. The van der Waals surface area contributed by atoms with Gasteiger partial charge >= 0.3 is 12.1 Å². The van der Waals surface area contributed by atoms with Crippen molar-refractivity contribution in [2.75, 3.05) is 29.6 Å². The van der Waals surface area contributed by atoms with Crippen molar-refractivity contribution in [1.82, 2.24) is 15.6 Å². The minimum atomic E-state index is -0.804. The fourth-order valence-electron chi connectivity index (χ4n) is 3.46. The van der Waals surface area contributed by atoms with Gasteiger partial charge in [-0.2, -0.15) is 0 Å². The number of anilines is 2. The monoisotopic (exact) mass is 520 g/mol. The van der Waals surface area contributed by atoms with Gasteiger partial charge in [-0.1, -0.05) is 70.1 Å². The van der Waals surface area contributed by atoms with Gasteiger partial charge in [0, 0.05) is 30.4 Å². The number of nitrogens with zero attached hydrogens (tertiary/aromatic N) is 2. The molecule has 0 fully saturated rings. The molecule has 0 atom stereocenters. The number of amides is 4. The molecule has 1 aliphatic heterocycles. The van der Waals surface area contributed by atoms with Crippen LogP contribution in [0.4, 0.5) is 21.0 Å². The second-order valence-electron chi connectivity index (χ2n) is 7.49. The topological polar surface area (TPSA) is 101 Å². The number of para-hydroxylation sites is 2. The van der Waals surface area contributed by atoms with Crippen LogP contribution in [0.2, 0.25) is 0 Å². The second-order valence-corrected chi connectivity index (χ2v) is 10.2. The van der Waals surface area contributed by atoms with Crippen LogP contribution >= 0.6 is 21.6 Å². The van der Waals surface area contributed by atoms with Crippen molar-refractivity contribution >= 4 is 63.1 Å². The number of rotatable bonds is 8. The van der Waals surface area contributed by atoms with Gasteiger partial charge in [-0.15, -0.1) is 0 Å². The van der Waals surface area contributed by atoms with E-state index in [0.717, 1.165) is 11.1 Å². The highest BCUT2D eigenvalue weighted by Crippen LogP contribution is 2.36. The average Bonchev–Trinajstić information content (AvgIpc) is 3.07. The van der Waals surface area contributed by atoms with Crippen LogP contribution in [0.25, 0.3) is 12.2 Å². The molecular weight excluding hydrogens is 496 g/mol. The number of urea groups is 1. The van der Waals surface area contributed by atoms with Crippen molar-refractivity contribution in [1.29, 1.82) is 0 Å². The van der Waals surface area contributed by atoms with Crippen LogP contribution in [-0.4, -0.2) is 47.7 Å². The third kappa shape index (κ3) is 6.67. The first-order valence-corrected chi connectivity index (χ1v) is 13.7. The zero-order valence-electron chi connectivity index (χ0n) is 19.3. The van der Waals surface area contributed by atoms with Gasteiger partial charge in [0.15, 0.2) is 0 Å². The molecule has 10 heteroatoms. The van der Waals surface area contributed by atoms with Crippen LogP contribution in [-0.2, 0) is 4.74 Å². The summed E-state index contributed by atoms with van der Waals surface area (Å²) in [6.07, 6.45) is 6.22. The van der Waals surface area contributed by atoms with Crippen LogP contribution in [0.1, 0.15) is 21.5 Å². The Balaban J connectivity index is 1.19. The summed E-state index contributed by atoms with van der Waals surface area (Å²) < 4.78 is 5.19. The Kier molecular flexibility index (Phi) is 9.01. The van der Waals surface area contributed by atoms with Crippen molar-refractivity contribution in [2.45, 2.75) is 0 Å². The van der Waals surface area contributed by atoms with E-state index in [4.69, 9.17) is 4.74 Å². The van der Waals surface area contributed by atoms with Gasteiger partial charge < -0.3 is 10.1 Å². The lowest BCUT2D eigenvalue weighted by molar-refractivity contribution is 0.0955. The summed E-state index contributed by atoms with van der Waals surface area (Å²) >= 11 is 0. The Morgan fingerprint density at radius 1 is 0.861 bits per heavy atom. The number of ether oxygens (including phenoxy) is 1. The summed E-state index contributed by atoms with van der Waals surface area (Å²) in [5.41, 5.74) is 3.59. The fraction of sp³-hybridized carbons (Fsp3) is 0.154. The summed E-state index contributed by atoms with van der Waals surface area (Å²) in [7, 11) is 3.08. The summed E-state index contributed by atoms with van der Waals surface area (Å²) in [5.74, 6) is 1.08. The molecule has 0 bridgehead atoms. The van der Waals surface area contributed by atoms with Crippen molar-refractivity contribution in [3.8, 4) is 0 Å². The van der Waals surface area contributed by atoms with Gasteiger partial charge in [-0.05, 0) is 35.4 Å². The highest BCUT2D eigenvalue weighted by atomic mass is 33.1. The maximum absolute atomic E-state index is 13.1. The van der Waals surface area contributed by atoms with Gasteiger partial charge in [0.05, 0.1) is 16.9 Å². The minimum Gasteiger partial charge on any atom is -0.448 e. The Hall–Kier alpha value is -3.76. The van der Waals surface area contributed by atoms with Crippen LogP contribution in [0, 0.1) is 0 Å². The zero-order chi connectivity index (χ0) is 25.2. The number of carbonyl (C=O) groups excluding carboxylic acids is 3. The SMILES string of the molecule is O=C(NC(=O)N1c2ccccc2C=Cc2ccccc21)OCCSSCCNC(=O)c1cccnc1. The number of hydrogen-bond donors (Lipinski definition) is 2. The number of fused-ring (bicyclic) bond motifs is 2. The number of imide groups is 1. The Labute approximate surface area is 216 Å². The molecule has 0 saturated carbocycles. The van der Waals surface area contributed by atoms with E-state index in [1.165, 1.54) is 21.9 Å². The Morgan fingerprint density at radius 3 is 2.19 bits per heavy atom. The van der Waals surface area contributed by atoms with Crippen molar-refractivity contribution in [3.05, 3.63) is 89.7 Å². The third-order valence-electron chi connectivity index (χ3n) is 5.09. The molecule has 0 aliphatic carbocycles. The second kappa shape index (κ2) is 12.8. The molecule has 0 spiro atoms. The molecule has 0 unspecified atom stereocenters.